The zero-order valence-corrected chi connectivity index (χ0v) is 12.2. The number of aryl methyl sites for hydroxylation is 1. The maximum Gasteiger partial charge on any atom is 0.316 e. The van der Waals surface area contributed by atoms with E-state index in [1.165, 1.54) is 6.08 Å². The minimum atomic E-state index is -0.650. The van der Waals surface area contributed by atoms with E-state index in [9.17, 15) is 9.59 Å². The molecule has 0 bridgehead atoms. The lowest BCUT2D eigenvalue weighted by Gasteiger charge is -2.05. The van der Waals surface area contributed by atoms with E-state index in [1.54, 1.807) is 30.3 Å². The maximum atomic E-state index is 11.9. The van der Waals surface area contributed by atoms with Crippen molar-refractivity contribution in [3.63, 3.8) is 0 Å². The fourth-order valence-electron chi connectivity index (χ4n) is 1.95. The third-order valence-electron chi connectivity index (χ3n) is 2.87. The van der Waals surface area contributed by atoms with Gasteiger partial charge in [-0.05, 0) is 36.8 Å². The Kier molecular flexibility index (Phi) is 4.93. The monoisotopic (exact) mass is 295 g/mol. The Morgan fingerprint density at radius 1 is 1.00 bits per heavy atom. The molecule has 0 aliphatic rings. The third-order valence-corrected chi connectivity index (χ3v) is 2.87. The van der Waals surface area contributed by atoms with E-state index in [0.717, 1.165) is 11.1 Å². The molecule has 2 aromatic rings. The molecule has 0 aromatic heterocycles. The SMILES string of the molecule is Cc1cccc(/C=C/C(=O)Nc2cccc(NC(N)=O)c2)c1. The number of amides is 3. The van der Waals surface area contributed by atoms with Crippen LogP contribution in [0.2, 0.25) is 0 Å². The lowest BCUT2D eigenvalue weighted by molar-refractivity contribution is -0.111. The van der Waals surface area contributed by atoms with Crippen LogP contribution in [-0.2, 0) is 4.79 Å². The Morgan fingerprint density at radius 3 is 2.36 bits per heavy atom. The first-order valence-electron chi connectivity index (χ1n) is 6.75. The summed E-state index contributed by atoms with van der Waals surface area (Å²) in [6.07, 6.45) is 3.21. The van der Waals surface area contributed by atoms with Crippen LogP contribution in [0.25, 0.3) is 6.08 Å². The number of carbonyl (C=O) groups excluding carboxylic acids is 2. The second-order valence-electron chi connectivity index (χ2n) is 4.81. The van der Waals surface area contributed by atoms with E-state index in [2.05, 4.69) is 10.6 Å². The molecule has 0 atom stereocenters. The van der Waals surface area contributed by atoms with Gasteiger partial charge in [-0.1, -0.05) is 35.9 Å². The number of rotatable bonds is 4. The number of carbonyl (C=O) groups is 2. The van der Waals surface area contributed by atoms with Crippen LogP contribution in [0.3, 0.4) is 0 Å². The van der Waals surface area contributed by atoms with Crippen LogP contribution in [0.5, 0.6) is 0 Å². The Balaban J connectivity index is 2.01. The largest absolute Gasteiger partial charge is 0.351 e. The minimum Gasteiger partial charge on any atom is -0.351 e. The van der Waals surface area contributed by atoms with Gasteiger partial charge >= 0.3 is 6.03 Å². The Labute approximate surface area is 128 Å². The molecule has 2 aromatic carbocycles. The molecule has 5 nitrogen and oxygen atoms in total. The molecule has 0 fully saturated rings. The molecule has 0 aliphatic heterocycles. The Bertz CT molecular complexity index is 723. The lowest BCUT2D eigenvalue weighted by Crippen LogP contribution is -2.19. The summed E-state index contributed by atoms with van der Waals surface area (Å²) in [5.41, 5.74) is 8.24. The molecule has 0 unspecified atom stereocenters. The highest BCUT2D eigenvalue weighted by Gasteiger charge is 2.01. The van der Waals surface area contributed by atoms with Crippen LogP contribution in [0.1, 0.15) is 11.1 Å². The number of nitrogens with one attached hydrogen (secondary N) is 2. The van der Waals surface area contributed by atoms with Gasteiger partial charge in [-0.3, -0.25) is 4.79 Å². The number of hydrogen-bond acceptors (Lipinski definition) is 2. The van der Waals surface area contributed by atoms with Crippen LogP contribution in [0, 0.1) is 6.92 Å². The van der Waals surface area contributed by atoms with Crippen LogP contribution < -0.4 is 16.4 Å². The maximum absolute atomic E-state index is 11.9. The molecule has 0 aliphatic carbocycles. The van der Waals surface area contributed by atoms with Gasteiger partial charge in [0.2, 0.25) is 5.91 Å². The second kappa shape index (κ2) is 7.08. The van der Waals surface area contributed by atoms with E-state index in [0.29, 0.717) is 11.4 Å². The molecule has 22 heavy (non-hydrogen) atoms. The number of nitrogens with two attached hydrogens (primary N) is 1. The van der Waals surface area contributed by atoms with Crippen molar-refractivity contribution in [1.29, 1.82) is 0 Å². The van der Waals surface area contributed by atoms with E-state index < -0.39 is 6.03 Å². The topological polar surface area (TPSA) is 84.2 Å². The van der Waals surface area contributed by atoms with Crippen molar-refractivity contribution in [2.75, 3.05) is 10.6 Å². The van der Waals surface area contributed by atoms with Crippen molar-refractivity contribution in [3.8, 4) is 0 Å². The zero-order valence-electron chi connectivity index (χ0n) is 12.2. The van der Waals surface area contributed by atoms with Crippen molar-refractivity contribution in [1.82, 2.24) is 0 Å². The molecule has 0 saturated carbocycles. The molecule has 0 heterocycles. The summed E-state index contributed by atoms with van der Waals surface area (Å²) in [5, 5.41) is 5.17. The zero-order chi connectivity index (χ0) is 15.9. The second-order valence-corrected chi connectivity index (χ2v) is 4.81. The summed E-state index contributed by atoms with van der Waals surface area (Å²) in [7, 11) is 0. The van der Waals surface area contributed by atoms with E-state index in [-0.39, 0.29) is 5.91 Å². The number of anilines is 2. The quantitative estimate of drug-likeness (QED) is 0.757. The Morgan fingerprint density at radius 2 is 1.68 bits per heavy atom. The van der Waals surface area contributed by atoms with Crippen molar-refractivity contribution < 1.29 is 9.59 Å². The van der Waals surface area contributed by atoms with E-state index in [1.807, 2.05) is 31.2 Å². The summed E-state index contributed by atoms with van der Waals surface area (Å²) in [4.78, 5) is 22.7. The molecule has 112 valence electrons. The van der Waals surface area contributed by atoms with E-state index >= 15 is 0 Å². The van der Waals surface area contributed by atoms with Gasteiger partial charge in [0, 0.05) is 17.5 Å². The minimum absolute atomic E-state index is 0.252. The number of benzene rings is 2. The highest BCUT2D eigenvalue weighted by molar-refractivity contribution is 6.02. The van der Waals surface area contributed by atoms with Crippen molar-refractivity contribution in [2.24, 2.45) is 5.73 Å². The molecule has 0 radical (unpaired) electrons. The first kappa shape index (κ1) is 15.3. The molecule has 4 N–H and O–H groups in total. The van der Waals surface area contributed by atoms with Crippen molar-refractivity contribution in [3.05, 3.63) is 65.7 Å². The third kappa shape index (κ3) is 4.79. The van der Waals surface area contributed by atoms with Crippen molar-refractivity contribution >= 4 is 29.4 Å². The van der Waals surface area contributed by atoms with Gasteiger partial charge < -0.3 is 16.4 Å². The van der Waals surface area contributed by atoms with Gasteiger partial charge in [0.1, 0.15) is 0 Å². The van der Waals surface area contributed by atoms with Gasteiger partial charge in [-0.15, -0.1) is 0 Å². The Hall–Kier alpha value is -3.08. The molecule has 0 saturated heterocycles. The predicted octanol–water partition coefficient (Wildman–Crippen LogP) is 3.14. The predicted molar refractivity (Wildman–Crippen MR) is 88.5 cm³/mol. The number of primary amides is 1. The van der Waals surface area contributed by atoms with Gasteiger partial charge in [-0.2, -0.15) is 0 Å². The van der Waals surface area contributed by atoms with Crippen LogP contribution in [0.15, 0.2) is 54.6 Å². The number of hydrogen-bond donors (Lipinski definition) is 3. The van der Waals surface area contributed by atoms with E-state index in [4.69, 9.17) is 5.73 Å². The molecular weight excluding hydrogens is 278 g/mol. The normalized spacial score (nSPS) is 10.4. The first-order valence-corrected chi connectivity index (χ1v) is 6.75. The summed E-state index contributed by atoms with van der Waals surface area (Å²) in [5.74, 6) is -0.252. The van der Waals surface area contributed by atoms with Gasteiger partial charge in [-0.25, -0.2) is 4.79 Å². The molecule has 0 spiro atoms. The molecule has 3 amide bonds. The number of urea groups is 1. The van der Waals surface area contributed by atoms with Crippen molar-refractivity contribution in [2.45, 2.75) is 6.92 Å². The van der Waals surface area contributed by atoms with Gasteiger partial charge in [0.15, 0.2) is 0 Å². The fraction of sp³-hybridized carbons (Fsp3) is 0.0588. The highest BCUT2D eigenvalue weighted by atomic mass is 16.2. The van der Waals surface area contributed by atoms with Crippen LogP contribution >= 0.6 is 0 Å². The fourth-order valence-corrected chi connectivity index (χ4v) is 1.95. The average molecular weight is 295 g/mol. The highest BCUT2D eigenvalue weighted by Crippen LogP contribution is 2.15. The van der Waals surface area contributed by atoms with Gasteiger partial charge in [0.25, 0.3) is 0 Å². The molecule has 5 heteroatoms. The summed E-state index contributed by atoms with van der Waals surface area (Å²) in [6.45, 7) is 1.99. The van der Waals surface area contributed by atoms with Crippen LogP contribution in [0.4, 0.5) is 16.2 Å². The van der Waals surface area contributed by atoms with Crippen LogP contribution in [-0.4, -0.2) is 11.9 Å². The molecule has 2 rings (SSSR count). The summed E-state index contributed by atoms with van der Waals surface area (Å²) in [6, 6.07) is 13.9. The summed E-state index contributed by atoms with van der Waals surface area (Å²) >= 11 is 0. The molecular formula is C17H17N3O2. The summed E-state index contributed by atoms with van der Waals surface area (Å²) < 4.78 is 0. The first-order chi connectivity index (χ1) is 10.5. The standard InChI is InChI=1S/C17H17N3O2/c1-12-4-2-5-13(10-12)8-9-16(21)19-14-6-3-7-15(11-14)20-17(18)22/h2-11H,1H3,(H,19,21)(H3,18,20,22)/b9-8+. The van der Waals surface area contributed by atoms with Gasteiger partial charge in [0.05, 0.1) is 0 Å². The lowest BCUT2D eigenvalue weighted by atomic mass is 10.1. The smallest absolute Gasteiger partial charge is 0.316 e. The average Bonchev–Trinajstić information content (AvgIpc) is 2.45.